The number of carbonyl (C=O) groups excluding carboxylic acids is 1. The fourth-order valence-corrected chi connectivity index (χ4v) is 6.27. The third kappa shape index (κ3) is 6.22. The van der Waals surface area contributed by atoms with Crippen LogP contribution in [0.3, 0.4) is 0 Å². The minimum Gasteiger partial charge on any atom is -0.308 e. The Bertz CT molecular complexity index is 1470. The molecule has 0 aliphatic heterocycles. The number of nitrogens with zero attached hydrogens (tertiary/aromatic N) is 4. The van der Waals surface area contributed by atoms with Crippen molar-refractivity contribution in [1.82, 2.24) is 14.2 Å². The Labute approximate surface area is 220 Å². The molecule has 37 heavy (non-hydrogen) atoms. The molecule has 4 aromatic rings. The summed E-state index contributed by atoms with van der Waals surface area (Å²) < 4.78 is 42.3. The van der Waals surface area contributed by atoms with Crippen LogP contribution in [0.2, 0.25) is 0 Å². The highest BCUT2D eigenvalue weighted by atomic mass is 32.2. The molecule has 0 radical (unpaired) electrons. The Kier molecular flexibility index (Phi) is 8.33. The summed E-state index contributed by atoms with van der Waals surface area (Å²) in [5, 5.41) is 0.462. The molecule has 10 heteroatoms. The SMILES string of the molecule is CCN(Cc1ccccc1)S(=O)(=O)c1ccc(C(=O)N(CCN(C)C)c2nc3ccc(F)cc3s2)cc1. The molecule has 1 amide bonds. The summed E-state index contributed by atoms with van der Waals surface area (Å²) in [6, 6.07) is 19.7. The lowest BCUT2D eigenvalue weighted by Crippen LogP contribution is -2.36. The second-order valence-electron chi connectivity index (χ2n) is 8.81. The molecule has 0 atom stereocenters. The number of aromatic nitrogens is 1. The van der Waals surface area contributed by atoms with E-state index in [0.717, 1.165) is 5.56 Å². The van der Waals surface area contributed by atoms with Crippen LogP contribution in [0.15, 0.2) is 77.7 Å². The second kappa shape index (κ2) is 11.5. The zero-order chi connectivity index (χ0) is 26.6. The summed E-state index contributed by atoms with van der Waals surface area (Å²) in [5.41, 5.74) is 1.85. The first-order chi connectivity index (χ1) is 17.7. The Morgan fingerprint density at radius 3 is 2.32 bits per heavy atom. The molecular formula is C27H29FN4O3S2. The predicted molar refractivity (Wildman–Crippen MR) is 146 cm³/mol. The molecule has 1 aromatic heterocycles. The first-order valence-corrected chi connectivity index (χ1v) is 14.1. The van der Waals surface area contributed by atoms with Gasteiger partial charge < -0.3 is 4.90 Å². The number of carbonyl (C=O) groups is 1. The maximum atomic E-state index is 13.7. The van der Waals surface area contributed by atoms with Crippen molar-refractivity contribution in [3.05, 3.63) is 89.7 Å². The van der Waals surface area contributed by atoms with Crippen LogP contribution in [0.5, 0.6) is 0 Å². The van der Waals surface area contributed by atoms with E-state index in [9.17, 15) is 17.6 Å². The van der Waals surface area contributed by atoms with Crippen molar-refractivity contribution < 1.29 is 17.6 Å². The van der Waals surface area contributed by atoms with Crippen LogP contribution in [0.25, 0.3) is 10.2 Å². The van der Waals surface area contributed by atoms with Crippen molar-refractivity contribution in [2.24, 2.45) is 0 Å². The predicted octanol–water partition coefficient (Wildman–Crippen LogP) is 4.85. The number of sulfonamides is 1. The largest absolute Gasteiger partial charge is 0.308 e. The first kappa shape index (κ1) is 26.9. The highest BCUT2D eigenvalue weighted by molar-refractivity contribution is 7.89. The average molecular weight is 541 g/mol. The molecular weight excluding hydrogens is 511 g/mol. The Hall–Kier alpha value is -3.18. The molecule has 0 saturated heterocycles. The van der Waals surface area contributed by atoms with Gasteiger partial charge in [-0.15, -0.1) is 0 Å². The van der Waals surface area contributed by atoms with Crippen LogP contribution >= 0.6 is 11.3 Å². The van der Waals surface area contributed by atoms with Crippen LogP contribution in [0, 0.1) is 5.82 Å². The molecule has 0 aliphatic carbocycles. The van der Waals surface area contributed by atoms with Crippen LogP contribution < -0.4 is 4.90 Å². The van der Waals surface area contributed by atoms with Crippen molar-refractivity contribution in [3.8, 4) is 0 Å². The lowest BCUT2D eigenvalue weighted by atomic mass is 10.2. The van der Waals surface area contributed by atoms with E-state index in [4.69, 9.17) is 0 Å². The fraction of sp³-hybridized carbons (Fsp3) is 0.259. The van der Waals surface area contributed by atoms with Gasteiger partial charge in [-0.2, -0.15) is 4.31 Å². The van der Waals surface area contributed by atoms with Gasteiger partial charge in [-0.25, -0.2) is 17.8 Å². The highest BCUT2D eigenvalue weighted by Crippen LogP contribution is 2.30. The lowest BCUT2D eigenvalue weighted by molar-refractivity contribution is 0.0985. The number of amides is 1. The van der Waals surface area contributed by atoms with Gasteiger partial charge in [0.2, 0.25) is 10.0 Å². The van der Waals surface area contributed by atoms with Crippen molar-refractivity contribution in [3.63, 3.8) is 0 Å². The molecule has 4 rings (SSSR count). The summed E-state index contributed by atoms with van der Waals surface area (Å²) in [5.74, 6) is -0.666. The van der Waals surface area contributed by atoms with Crippen LogP contribution in [0.4, 0.5) is 9.52 Å². The van der Waals surface area contributed by atoms with Crippen LogP contribution in [-0.2, 0) is 16.6 Å². The quantitative estimate of drug-likeness (QED) is 0.287. The van der Waals surface area contributed by atoms with Crippen LogP contribution in [0.1, 0.15) is 22.8 Å². The van der Waals surface area contributed by atoms with Gasteiger partial charge in [0.15, 0.2) is 5.13 Å². The molecule has 0 unspecified atom stereocenters. The van der Waals surface area contributed by atoms with Crippen molar-refractivity contribution in [2.45, 2.75) is 18.4 Å². The molecule has 0 aliphatic rings. The number of hydrogen-bond acceptors (Lipinski definition) is 6. The van der Waals surface area contributed by atoms with E-state index in [2.05, 4.69) is 4.98 Å². The monoisotopic (exact) mass is 540 g/mol. The van der Waals surface area contributed by atoms with E-state index in [-0.39, 0.29) is 23.2 Å². The summed E-state index contributed by atoms with van der Waals surface area (Å²) >= 11 is 1.24. The van der Waals surface area contributed by atoms with Gasteiger partial charge >= 0.3 is 0 Å². The zero-order valence-corrected chi connectivity index (χ0v) is 22.6. The minimum absolute atomic E-state index is 0.122. The van der Waals surface area contributed by atoms with E-state index in [1.807, 2.05) is 49.3 Å². The van der Waals surface area contributed by atoms with Crippen molar-refractivity contribution >= 4 is 42.6 Å². The molecule has 194 valence electrons. The van der Waals surface area contributed by atoms with Gasteiger partial charge in [0.05, 0.1) is 15.1 Å². The number of anilines is 1. The fourth-order valence-electron chi connectivity index (χ4n) is 3.81. The first-order valence-electron chi connectivity index (χ1n) is 11.9. The molecule has 0 spiro atoms. The smallest absolute Gasteiger partial charge is 0.260 e. The summed E-state index contributed by atoms with van der Waals surface area (Å²) in [7, 11) is 0.0643. The second-order valence-corrected chi connectivity index (χ2v) is 11.8. The minimum atomic E-state index is -3.75. The number of fused-ring (bicyclic) bond motifs is 1. The third-order valence-electron chi connectivity index (χ3n) is 5.88. The maximum Gasteiger partial charge on any atom is 0.260 e. The van der Waals surface area contributed by atoms with Gasteiger partial charge in [-0.3, -0.25) is 9.69 Å². The van der Waals surface area contributed by atoms with Gasteiger partial charge in [0, 0.05) is 31.7 Å². The topological polar surface area (TPSA) is 73.8 Å². The molecule has 0 bridgehead atoms. The number of hydrogen-bond donors (Lipinski definition) is 0. The Morgan fingerprint density at radius 2 is 1.68 bits per heavy atom. The molecule has 0 saturated carbocycles. The van der Waals surface area contributed by atoms with Gasteiger partial charge in [-0.1, -0.05) is 48.6 Å². The van der Waals surface area contributed by atoms with E-state index < -0.39 is 10.0 Å². The molecule has 0 fully saturated rings. The van der Waals surface area contributed by atoms with Gasteiger partial charge in [0.25, 0.3) is 5.91 Å². The van der Waals surface area contributed by atoms with E-state index >= 15 is 0 Å². The van der Waals surface area contributed by atoms with Gasteiger partial charge in [-0.05, 0) is 62.1 Å². The normalized spacial score (nSPS) is 11.9. The molecule has 1 heterocycles. The lowest BCUT2D eigenvalue weighted by Gasteiger charge is -2.23. The van der Waals surface area contributed by atoms with E-state index in [1.54, 1.807) is 17.9 Å². The summed E-state index contributed by atoms with van der Waals surface area (Å²) in [6.07, 6.45) is 0. The number of benzene rings is 3. The van der Waals surface area contributed by atoms with E-state index in [0.29, 0.717) is 40.5 Å². The summed E-state index contributed by atoms with van der Waals surface area (Å²) in [6.45, 7) is 3.33. The maximum absolute atomic E-state index is 13.7. The zero-order valence-electron chi connectivity index (χ0n) is 21.0. The van der Waals surface area contributed by atoms with E-state index in [1.165, 1.54) is 52.0 Å². The summed E-state index contributed by atoms with van der Waals surface area (Å²) in [4.78, 5) is 21.7. The average Bonchev–Trinajstić information content (AvgIpc) is 3.30. The highest BCUT2D eigenvalue weighted by Gasteiger charge is 2.25. The molecule has 7 nitrogen and oxygen atoms in total. The Morgan fingerprint density at radius 1 is 0.973 bits per heavy atom. The number of thiazole rings is 1. The van der Waals surface area contributed by atoms with Crippen LogP contribution in [-0.4, -0.2) is 62.2 Å². The third-order valence-corrected chi connectivity index (χ3v) is 8.86. The number of rotatable bonds is 10. The van der Waals surface area contributed by atoms with Crippen molar-refractivity contribution in [1.29, 1.82) is 0 Å². The number of likely N-dealkylation sites (N-methyl/N-ethyl adjacent to an activating group) is 1. The standard InChI is InChI=1S/C27H29FN4O3S2/c1-4-31(19-20-8-6-5-7-9-20)37(34,35)23-13-10-21(11-14-23)26(33)32(17-16-30(2)3)27-29-24-15-12-22(28)18-25(24)36-27/h5-15,18H,4,16-17,19H2,1-3H3. The number of halogens is 1. The Balaban J connectivity index is 1.60. The van der Waals surface area contributed by atoms with Crippen molar-refractivity contribution in [2.75, 3.05) is 38.6 Å². The van der Waals surface area contributed by atoms with Gasteiger partial charge in [0.1, 0.15) is 5.82 Å². The molecule has 3 aromatic carbocycles. The molecule has 0 N–H and O–H groups in total.